The van der Waals surface area contributed by atoms with E-state index in [2.05, 4.69) is 15.3 Å². The van der Waals surface area contributed by atoms with Crippen molar-refractivity contribution >= 4 is 28.2 Å². The monoisotopic (exact) mass is 380 g/mol. The number of aromatic nitrogens is 2. The summed E-state index contributed by atoms with van der Waals surface area (Å²) in [6, 6.07) is 10.7. The van der Waals surface area contributed by atoms with E-state index in [9.17, 15) is 9.18 Å². The number of thiophene rings is 1. The van der Waals surface area contributed by atoms with E-state index in [0.717, 1.165) is 33.4 Å². The number of ether oxygens (including phenoxy) is 1. The Hall–Kier alpha value is -2.99. The van der Waals surface area contributed by atoms with E-state index in [0.29, 0.717) is 12.0 Å². The Labute approximate surface area is 159 Å². The van der Waals surface area contributed by atoms with Crippen molar-refractivity contribution in [2.75, 3.05) is 7.11 Å². The summed E-state index contributed by atoms with van der Waals surface area (Å²) in [5.41, 5.74) is 5.39. The summed E-state index contributed by atoms with van der Waals surface area (Å²) in [5, 5.41) is 5.02. The summed E-state index contributed by atoms with van der Waals surface area (Å²) in [7, 11) is 1.34. The third-order valence-electron chi connectivity index (χ3n) is 4.55. The van der Waals surface area contributed by atoms with Crippen LogP contribution in [0, 0.1) is 12.7 Å². The molecule has 0 atom stereocenters. The fourth-order valence-corrected chi connectivity index (χ4v) is 3.84. The van der Waals surface area contributed by atoms with Gasteiger partial charge in [0.2, 0.25) is 0 Å². The molecule has 0 saturated heterocycles. The van der Waals surface area contributed by atoms with Crippen LogP contribution in [0.2, 0.25) is 0 Å². The number of halogens is 1. The number of fused-ring (bicyclic) bond motifs is 1. The molecule has 4 nitrogen and oxygen atoms in total. The first-order chi connectivity index (χ1) is 13.1. The standard InChI is InChI=1S/C21H17FN2O2S/c1-12-8-15-16(9-14-4-3-5-18(23-14)21(25)26-2)20(13-6-7-27-11-13)24-19(15)10-17(12)22/h3-8,10-11,24H,9H2,1-2H3. The highest BCUT2D eigenvalue weighted by molar-refractivity contribution is 7.08. The quantitative estimate of drug-likeness (QED) is 0.500. The Bertz CT molecular complexity index is 1130. The Morgan fingerprint density at radius 2 is 2.15 bits per heavy atom. The molecule has 1 aromatic carbocycles. The number of H-pyrrole nitrogens is 1. The predicted molar refractivity (Wildman–Crippen MR) is 105 cm³/mol. The van der Waals surface area contributed by atoms with Gasteiger partial charge in [-0.25, -0.2) is 14.2 Å². The molecule has 4 aromatic rings. The minimum absolute atomic E-state index is 0.238. The maximum Gasteiger partial charge on any atom is 0.356 e. The number of pyridine rings is 1. The van der Waals surface area contributed by atoms with E-state index in [1.54, 1.807) is 30.4 Å². The number of hydrogen-bond acceptors (Lipinski definition) is 4. The molecule has 4 rings (SSSR count). The molecular formula is C21H17FN2O2S. The van der Waals surface area contributed by atoms with Crippen molar-refractivity contribution in [3.8, 4) is 11.3 Å². The van der Waals surface area contributed by atoms with Gasteiger partial charge in [0.05, 0.1) is 12.8 Å². The van der Waals surface area contributed by atoms with Gasteiger partial charge in [-0.2, -0.15) is 11.3 Å². The molecular weight excluding hydrogens is 363 g/mol. The van der Waals surface area contributed by atoms with Crippen molar-refractivity contribution in [3.05, 3.63) is 75.5 Å². The third kappa shape index (κ3) is 3.24. The smallest absolute Gasteiger partial charge is 0.356 e. The van der Waals surface area contributed by atoms with Crippen molar-refractivity contribution in [3.63, 3.8) is 0 Å². The number of nitrogens with one attached hydrogen (secondary N) is 1. The van der Waals surface area contributed by atoms with Gasteiger partial charge in [0.15, 0.2) is 0 Å². The first kappa shape index (κ1) is 17.4. The SMILES string of the molecule is COC(=O)c1cccc(Cc2c(-c3ccsc3)[nH]c3cc(F)c(C)cc23)n1. The van der Waals surface area contributed by atoms with Crippen LogP contribution in [0.1, 0.15) is 27.3 Å². The number of methoxy groups -OCH3 is 1. The number of benzene rings is 1. The second kappa shape index (κ2) is 6.96. The average molecular weight is 380 g/mol. The second-order valence-corrected chi connectivity index (χ2v) is 7.10. The Morgan fingerprint density at radius 1 is 1.30 bits per heavy atom. The molecule has 0 amide bonds. The summed E-state index contributed by atoms with van der Waals surface area (Å²) in [6.45, 7) is 1.76. The van der Waals surface area contributed by atoms with Crippen molar-refractivity contribution < 1.29 is 13.9 Å². The fourth-order valence-electron chi connectivity index (χ4n) is 3.19. The minimum atomic E-state index is -0.466. The summed E-state index contributed by atoms with van der Waals surface area (Å²) in [4.78, 5) is 19.6. The maximum absolute atomic E-state index is 14.1. The molecule has 0 unspecified atom stereocenters. The normalized spacial score (nSPS) is 11.1. The van der Waals surface area contributed by atoms with Crippen LogP contribution >= 0.6 is 11.3 Å². The van der Waals surface area contributed by atoms with Gasteiger partial charge in [0.25, 0.3) is 0 Å². The summed E-state index contributed by atoms with van der Waals surface area (Å²) >= 11 is 1.60. The highest BCUT2D eigenvalue weighted by atomic mass is 32.1. The Kier molecular flexibility index (Phi) is 4.49. The number of esters is 1. The van der Waals surface area contributed by atoms with Crippen molar-refractivity contribution in [1.29, 1.82) is 0 Å². The number of nitrogens with zero attached hydrogens (tertiary/aromatic N) is 1. The van der Waals surface area contributed by atoms with E-state index in [1.807, 2.05) is 23.6 Å². The van der Waals surface area contributed by atoms with Gasteiger partial charge in [0, 0.05) is 34.0 Å². The van der Waals surface area contributed by atoms with Gasteiger partial charge in [-0.05, 0) is 53.8 Å². The van der Waals surface area contributed by atoms with Crippen molar-refractivity contribution in [1.82, 2.24) is 9.97 Å². The Balaban J connectivity index is 1.86. The molecule has 0 bridgehead atoms. The third-order valence-corrected chi connectivity index (χ3v) is 5.24. The number of aryl methyl sites for hydroxylation is 1. The van der Waals surface area contributed by atoms with Crippen LogP contribution in [0.25, 0.3) is 22.2 Å². The first-order valence-electron chi connectivity index (χ1n) is 8.44. The lowest BCUT2D eigenvalue weighted by atomic mass is 10.0. The number of aromatic amines is 1. The average Bonchev–Trinajstić information content (AvgIpc) is 3.31. The lowest BCUT2D eigenvalue weighted by molar-refractivity contribution is 0.0593. The molecule has 0 aliphatic carbocycles. The highest BCUT2D eigenvalue weighted by Crippen LogP contribution is 2.34. The molecule has 0 spiro atoms. The second-order valence-electron chi connectivity index (χ2n) is 6.32. The van der Waals surface area contributed by atoms with Crippen LogP contribution in [0.4, 0.5) is 4.39 Å². The van der Waals surface area contributed by atoms with Gasteiger partial charge in [-0.1, -0.05) is 6.07 Å². The van der Waals surface area contributed by atoms with E-state index in [-0.39, 0.29) is 11.5 Å². The minimum Gasteiger partial charge on any atom is -0.464 e. The molecule has 0 radical (unpaired) electrons. The highest BCUT2D eigenvalue weighted by Gasteiger charge is 2.17. The van der Waals surface area contributed by atoms with Crippen LogP contribution in [0.3, 0.4) is 0 Å². The van der Waals surface area contributed by atoms with E-state index >= 15 is 0 Å². The topological polar surface area (TPSA) is 55.0 Å². The number of carbonyl (C=O) groups is 1. The summed E-state index contributed by atoms with van der Waals surface area (Å²) in [5.74, 6) is -0.704. The molecule has 1 N–H and O–H groups in total. The zero-order valence-corrected chi connectivity index (χ0v) is 15.7. The largest absolute Gasteiger partial charge is 0.464 e. The van der Waals surface area contributed by atoms with Gasteiger partial charge < -0.3 is 9.72 Å². The van der Waals surface area contributed by atoms with Gasteiger partial charge in [-0.15, -0.1) is 0 Å². The lowest BCUT2D eigenvalue weighted by Crippen LogP contribution is -2.06. The molecule has 0 aliphatic heterocycles. The fraction of sp³-hybridized carbons (Fsp3) is 0.143. The van der Waals surface area contributed by atoms with E-state index in [1.165, 1.54) is 13.2 Å². The summed E-state index contributed by atoms with van der Waals surface area (Å²) in [6.07, 6.45) is 0.515. The van der Waals surface area contributed by atoms with Crippen LogP contribution in [-0.2, 0) is 11.2 Å². The lowest BCUT2D eigenvalue weighted by Gasteiger charge is -2.06. The first-order valence-corrected chi connectivity index (χ1v) is 9.38. The molecule has 0 saturated carbocycles. The zero-order valence-electron chi connectivity index (χ0n) is 14.9. The van der Waals surface area contributed by atoms with Crippen LogP contribution < -0.4 is 0 Å². The maximum atomic E-state index is 14.1. The number of hydrogen-bond donors (Lipinski definition) is 1. The predicted octanol–water partition coefficient (Wildman–Crippen LogP) is 5.12. The molecule has 136 valence electrons. The van der Waals surface area contributed by atoms with Crippen LogP contribution in [0.15, 0.2) is 47.2 Å². The van der Waals surface area contributed by atoms with Gasteiger partial charge >= 0.3 is 5.97 Å². The van der Waals surface area contributed by atoms with E-state index in [4.69, 9.17) is 4.74 Å². The Morgan fingerprint density at radius 3 is 2.89 bits per heavy atom. The van der Waals surface area contributed by atoms with Crippen molar-refractivity contribution in [2.45, 2.75) is 13.3 Å². The van der Waals surface area contributed by atoms with Crippen molar-refractivity contribution in [2.24, 2.45) is 0 Å². The zero-order chi connectivity index (χ0) is 19.0. The molecule has 3 heterocycles. The van der Waals surface area contributed by atoms with Crippen LogP contribution in [-0.4, -0.2) is 23.0 Å². The molecule has 0 fully saturated rings. The molecule has 0 aliphatic rings. The van der Waals surface area contributed by atoms with Crippen LogP contribution in [0.5, 0.6) is 0 Å². The molecule has 27 heavy (non-hydrogen) atoms. The van der Waals surface area contributed by atoms with E-state index < -0.39 is 5.97 Å². The van der Waals surface area contributed by atoms with Gasteiger partial charge in [-0.3, -0.25) is 0 Å². The van der Waals surface area contributed by atoms with Gasteiger partial charge in [0.1, 0.15) is 11.5 Å². The number of carbonyl (C=O) groups excluding carboxylic acids is 1. The molecule has 6 heteroatoms. The molecule has 3 aromatic heterocycles. The summed E-state index contributed by atoms with van der Waals surface area (Å²) < 4.78 is 18.8. The number of rotatable bonds is 4.